The molecule has 1 aliphatic heterocycles. The van der Waals surface area contributed by atoms with Gasteiger partial charge >= 0.3 is 0 Å². The van der Waals surface area contributed by atoms with Gasteiger partial charge in [-0.3, -0.25) is 4.90 Å². The highest BCUT2D eigenvalue weighted by molar-refractivity contribution is 7.18. The largest absolute Gasteiger partial charge is 0.314 e. The molecule has 1 aliphatic carbocycles. The maximum Gasteiger partial charge on any atom is 0.0907 e. The Labute approximate surface area is 148 Å². The van der Waals surface area contributed by atoms with Crippen molar-refractivity contribution in [1.82, 2.24) is 15.2 Å². The van der Waals surface area contributed by atoms with Gasteiger partial charge in [0.2, 0.25) is 0 Å². The Balaban J connectivity index is 0.00000156. The van der Waals surface area contributed by atoms with E-state index in [2.05, 4.69) is 40.3 Å². The monoisotopic (exact) mass is 351 g/mol. The first-order chi connectivity index (χ1) is 10.8. The van der Waals surface area contributed by atoms with Gasteiger partial charge in [0.25, 0.3) is 0 Å². The number of rotatable bonds is 5. The van der Waals surface area contributed by atoms with Crippen LogP contribution >= 0.6 is 23.7 Å². The molecule has 2 aromatic rings. The zero-order valence-corrected chi connectivity index (χ0v) is 15.4. The summed E-state index contributed by atoms with van der Waals surface area (Å²) in [4.78, 5) is 7.15. The predicted octanol–water partition coefficient (Wildman–Crippen LogP) is 3.99. The molecule has 4 rings (SSSR count). The van der Waals surface area contributed by atoms with E-state index in [9.17, 15) is 0 Å². The van der Waals surface area contributed by atoms with Crippen LogP contribution in [-0.2, 0) is 6.54 Å². The van der Waals surface area contributed by atoms with Gasteiger partial charge < -0.3 is 5.32 Å². The molecule has 23 heavy (non-hydrogen) atoms. The maximum absolute atomic E-state index is 4.55. The number of nitrogens with one attached hydrogen (secondary N) is 1. The van der Waals surface area contributed by atoms with E-state index in [1.54, 1.807) is 11.3 Å². The molecule has 3 nitrogen and oxygen atoms in total. The highest BCUT2D eigenvalue weighted by Crippen LogP contribution is 2.28. The van der Waals surface area contributed by atoms with Crippen molar-refractivity contribution in [3.63, 3.8) is 0 Å². The third kappa shape index (κ3) is 4.44. The Morgan fingerprint density at radius 3 is 2.74 bits per heavy atom. The Kier molecular flexibility index (Phi) is 5.57. The van der Waals surface area contributed by atoms with Crippen LogP contribution in [0.2, 0.25) is 0 Å². The zero-order valence-electron chi connectivity index (χ0n) is 13.8. The summed E-state index contributed by atoms with van der Waals surface area (Å²) in [6.07, 6.45) is 5.50. The molecule has 5 heteroatoms. The van der Waals surface area contributed by atoms with Crippen molar-refractivity contribution in [3.05, 3.63) is 28.8 Å². The number of thiazole rings is 1. The molecule has 1 N–H and O–H groups in total. The van der Waals surface area contributed by atoms with Crippen molar-refractivity contribution in [2.45, 2.75) is 45.2 Å². The SMILES string of the molecule is Cc1nc2ccc(CN3CCC(NCC4CC4)CC3)cc2s1.Cl. The summed E-state index contributed by atoms with van der Waals surface area (Å²) in [5, 5.41) is 4.92. The Morgan fingerprint density at radius 2 is 2.00 bits per heavy atom. The van der Waals surface area contributed by atoms with Gasteiger partial charge in [0.05, 0.1) is 15.2 Å². The molecule has 0 atom stereocenters. The highest BCUT2D eigenvalue weighted by Gasteiger charge is 2.24. The molecule has 0 radical (unpaired) electrons. The van der Waals surface area contributed by atoms with Crippen molar-refractivity contribution in [2.24, 2.45) is 5.92 Å². The number of piperidine rings is 1. The maximum atomic E-state index is 4.55. The first kappa shape index (κ1) is 17.2. The van der Waals surface area contributed by atoms with Crippen LogP contribution in [0.15, 0.2) is 18.2 Å². The normalized spacial score (nSPS) is 19.9. The summed E-state index contributed by atoms with van der Waals surface area (Å²) in [6, 6.07) is 7.51. The molecule has 2 aliphatic rings. The molecular weight excluding hydrogens is 326 g/mol. The zero-order chi connectivity index (χ0) is 14.9. The standard InChI is InChI=1S/C18H25N3S.ClH/c1-13-20-17-5-4-15(10-18(17)22-13)12-21-8-6-16(7-9-21)19-11-14-2-3-14;/h4-5,10,14,16,19H,2-3,6-9,11-12H2,1H3;1H. The Bertz CT molecular complexity index is 645. The van der Waals surface area contributed by atoms with Gasteiger partial charge in [-0.25, -0.2) is 4.98 Å². The second-order valence-corrected chi connectivity index (χ2v) is 8.17. The van der Waals surface area contributed by atoms with E-state index in [0.717, 1.165) is 29.0 Å². The summed E-state index contributed by atoms with van der Waals surface area (Å²) in [6.45, 7) is 6.88. The number of hydrogen-bond donors (Lipinski definition) is 1. The first-order valence-electron chi connectivity index (χ1n) is 8.58. The molecule has 0 bridgehead atoms. The molecule has 1 saturated carbocycles. The van der Waals surface area contributed by atoms with E-state index in [4.69, 9.17) is 0 Å². The third-order valence-corrected chi connectivity index (χ3v) is 5.88. The number of fused-ring (bicyclic) bond motifs is 1. The molecule has 0 spiro atoms. The van der Waals surface area contributed by atoms with Crippen molar-refractivity contribution in [1.29, 1.82) is 0 Å². The van der Waals surface area contributed by atoms with Gasteiger partial charge in [-0.2, -0.15) is 0 Å². The fourth-order valence-corrected chi connectivity index (χ4v) is 4.28. The minimum absolute atomic E-state index is 0. The molecule has 1 aromatic heterocycles. The van der Waals surface area contributed by atoms with E-state index >= 15 is 0 Å². The Hall–Kier alpha value is -0.680. The quantitative estimate of drug-likeness (QED) is 0.882. The number of likely N-dealkylation sites (tertiary alicyclic amines) is 1. The lowest BCUT2D eigenvalue weighted by atomic mass is 10.0. The Morgan fingerprint density at radius 1 is 1.22 bits per heavy atom. The number of nitrogens with zero attached hydrogens (tertiary/aromatic N) is 2. The van der Waals surface area contributed by atoms with Crippen LogP contribution in [0.5, 0.6) is 0 Å². The van der Waals surface area contributed by atoms with Gasteiger partial charge in [0.1, 0.15) is 0 Å². The van der Waals surface area contributed by atoms with E-state index in [0.29, 0.717) is 0 Å². The first-order valence-corrected chi connectivity index (χ1v) is 9.40. The lowest BCUT2D eigenvalue weighted by Gasteiger charge is -2.32. The van der Waals surface area contributed by atoms with Crippen molar-refractivity contribution >= 4 is 34.0 Å². The van der Waals surface area contributed by atoms with Crippen LogP contribution in [0.25, 0.3) is 10.2 Å². The topological polar surface area (TPSA) is 28.2 Å². The van der Waals surface area contributed by atoms with Crippen molar-refractivity contribution < 1.29 is 0 Å². The number of hydrogen-bond acceptors (Lipinski definition) is 4. The van der Waals surface area contributed by atoms with Gasteiger partial charge in [0.15, 0.2) is 0 Å². The molecule has 0 amide bonds. The van der Waals surface area contributed by atoms with Crippen LogP contribution in [0.3, 0.4) is 0 Å². The molecule has 126 valence electrons. The molecule has 0 unspecified atom stereocenters. The second kappa shape index (κ2) is 7.47. The molecular formula is C18H26ClN3S. The second-order valence-electron chi connectivity index (χ2n) is 6.94. The highest BCUT2D eigenvalue weighted by atomic mass is 35.5. The lowest BCUT2D eigenvalue weighted by molar-refractivity contribution is 0.190. The van der Waals surface area contributed by atoms with Crippen LogP contribution in [0, 0.1) is 12.8 Å². The van der Waals surface area contributed by atoms with Crippen LogP contribution < -0.4 is 5.32 Å². The van der Waals surface area contributed by atoms with E-state index in [1.807, 2.05) is 0 Å². The smallest absolute Gasteiger partial charge is 0.0907 e. The third-order valence-electron chi connectivity index (χ3n) is 4.95. The van der Waals surface area contributed by atoms with Crippen molar-refractivity contribution in [3.8, 4) is 0 Å². The number of aromatic nitrogens is 1. The number of halogens is 1. The van der Waals surface area contributed by atoms with Gasteiger partial charge in [-0.15, -0.1) is 23.7 Å². The summed E-state index contributed by atoms with van der Waals surface area (Å²) in [5.74, 6) is 0.993. The van der Waals surface area contributed by atoms with Crippen LogP contribution in [-0.4, -0.2) is 35.6 Å². The summed E-state index contributed by atoms with van der Waals surface area (Å²) >= 11 is 1.80. The number of benzene rings is 1. The van der Waals surface area contributed by atoms with E-state index in [-0.39, 0.29) is 12.4 Å². The van der Waals surface area contributed by atoms with E-state index < -0.39 is 0 Å². The van der Waals surface area contributed by atoms with Gasteiger partial charge in [0, 0.05) is 12.6 Å². The summed E-state index contributed by atoms with van der Waals surface area (Å²) in [5.41, 5.74) is 2.58. The van der Waals surface area contributed by atoms with Crippen LogP contribution in [0.1, 0.15) is 36.3 Å². The van der Waals surface area contributed by atoms with Crippen LogP contribution in [0.4, 0.5) is 0 Å². The minimum Gasteiger partial charge on any atom is -0.314 e. The predicted molar refractivity (Wildman–Crippen MR) is 101 cm³/mol. The minimum atomic E-state index is 0. The average molecular weight is 352 g/mol. The fraction of sp³-hybridized carbons (Fsp3) is 0.611. The molecule has 2 heterocycles. The van der Waals surface area contributed by atoms with E-state index in [1.165, 1.54) is 55.6 Å². The van der Waals surface area contributed by atoms with Crippen molar-refractivity contribution in [2.75, 3.05) is 19.6 Å². The number of aryl methyl sites for hydroxylation is 1. The van der Waals surface area contributed by atoms with Gasteiger partial charge in [-0.1, -0.05) is 6.07 Å². The summed E-state index contributed by atoms with van der Waals surface area (Å²) < 4.78 is 1.33. The fourth-order valence-electron chi connectivity index (χ4n) is 3.39. The summed E-state index contributed by atoms with van der Waals surface area (Å²) in [7, 11) is 0. The average Bonchev–Trinajstić information content (AvgIpc) is 3.27. The molecule has 1 aromatic carbocycles. The lowest BCUT2D eigenvalue weighted by Crippen LogP contribution is -2.42. The molecule has 2 fully saturated rings. The van der Waals surface area contributed by atoms with Gasteiger partial charge in [-0.05, 0) is 75.9 Å². The molecule has 1 saturated heterocycles.